The number of hydrogen-bond donors (Lipinski definition) is 1. The van der Waals surface area contributed by atoms with E-state index in [2.05, 4.69) is 43.4 Å². The minimum Gasteiger partial charge on any atom is -0.496 e. The lowest BCUT2D eigenvalue weighted by Crippen LogP contribution is -2.26. The van der Waals surface area contributed by atoms with Gasteiger partial charge in [-0.05, 0) is 26.0 Å². The van der Waals surface area contributed by atoms with Gasteiger partial charge >= 0.3 is 0 Å². The Morgan fingerprint density at radius 2 is 2.05 bits per heavy atom. The SMILES string of the molecule is COc1ccc(C)cc1C(C)NC1COc2ccccc21. The first-order valence-corrected chi connectivity index (χ1v) is 7.31. The van der Waals surface area contributed by atoms with E-state index in [1.165, 1.54) is 16.7 Å². The molecule has 1 N–H and O–H groups in total. The van der Waals surface area contributed by atoms with Crippen molar-refractivity contribution in [3.05, 3.63) is 59.2 Å². The van der Waals surface area contributed by atoms with Crippen molar-refractivity contribution in [3.8, 4) is 11.5 Å². The lowest BCUT2D eigenvalue weighted by atomic mass is 10.0. The van der Waals surface area contributed by atoms with Crippen LogP contribution in [0.4, 0.5) is 0 Å². The van der Waals surface area contributed by atoms with Gasteiger partial charge in [-0.2, -0.15) is 0 Å². The molecule has 2 unspecified atom stereocenters. The summed E-state index contributed by atoms with van der Waals surface area (Å²) in [5.41, 5.74) is 3.65. The number of benzene rings is 2. The predicted octanol–water partition coefficient (Wildman–Crippen LogP) is 3.79. The van der Waals surface area contributed by atoms with Crippen LogP contribution in [0, 0.1) is 6.92 Å². The van der Waals surface area contributed by atoms with Crippen molar-refractivity contribution in [2.75, 3.05) is 13.7 Å². The van der Waals surface area contributed by atoms with Crippen LogP contribution in [0.3, 0.4) is 0 Å². The average molecular weight is 283 g/mol. The summed E-state index contributed by atoms with van der Waals surface area (Å²) in [6.45, 7) is 4.94. The Bertz CT molecular complexity index is 639. The maximum atomic E-state index is 5.73. The summed E-state index contributed by atoms with van der Waals surface area (Å²) >= 11 is 0. The van der Waals surface area contributed by atoms with Gasteiger partial charge in [-0.25, -0.2) is 0 Å². The zero-order chi connectivity index (χ0) is 14.8. The molecule has 0 aromatic heterocycles. The predicted molar refractivity (Wildman–Crippen MR) is 84.0 cm³/mol. The molecular weight excluding hydrogens is 262 g/mol. The molecule has 2 atom stereocenters. The molecule has 110 valence electrons. The lowest BCUT2D eigenvalue weighted by Gasteiger charge is -2.21. The van der Waals surface area contributed by atoms with E-state index in [4.69, 9.17) is 9.47 Å². The molecule has 2 aromatic carbocycles. The van der Waals surface area contributed by atoms with E-state index in [1.807, 2.05) is 18.2 Å². The second-order valence-corrected chi connectivity index (χ2v) is 5.54. The van der Waals surface area contributed by atoms with Gasteiger partial charge in [0.2, 0.25) is 0 Å². The fourth-order valence-electron chi connectivity index (χ4n) is 2.88. The lowest BCUT2D eigenvalue weighted by molar-refractivity contribution is 0.299. The fourth-order valence-corrected chi connectivity index (χ4v) is 2.88. The number of methoxy groups -OCH3 is 1. The molecule has 0 saturated heterocycles. The highest BCUT2D eigenvalue weighted by Gasteiger charge is 2.25. The van der Waals surface area contributed by atoms with Crippen LogP contribution in [0.1, 0.15) is 35.7 Å². The fraction of sp³-hybridized carbons (Fsp3) is 0.333. The summed E-state index contributed by atoms with van der Waals surface area (Å²) in [4.78, 5) is 0. The molecule has 1 aliphatic heterocycles. The zero-order valence-corrected chi connectivity index (χ0v) is 12.7. The first-order valence-electron chi connectivity index (χ1n) is 7.31. The van der Waals surface area contributed by atoms with Crippen LogP contribution in [-0.4, -0.2) is 13.7 Å². The molecular formula is C18H21NO2. The summed E-state index contributed by atoms with van der Waals surface area (Å²) in [5, 5.41) is 3.65. The number of para-hydroxylation sites is 1. The van der Waals surface area contributed by atoms with Crippen molar-refractivity contribution in [1.29, 1.82) is 0 Å². The van der Waals surface area contributed by atoms with E-state index in [0.29, 0.717) is 6.61 Å². The van der Waals surface area contributed by atoms with Crippen LogP contribution in [-0.2, 0) is 0 Å². The van der Waals surface area contributed by atoms with Gasteiger partial charge in [0.15, 0.2) is 0 Å². The highest BCUT2D eigenvalue weighted by molar-refractivity contribution is 5.41. The standard InChI is InChI=1S/C18H21NO2/c1-12-8-9-17(20-3)15(10-12)13(2)19-16-11-21-18-7-5-4-6-14(16)18/h4-10,13,16,19H,11H2,1-3H3. The third kappa shape index (κ3) is 2.74. The van der Waals surface area contributed by atoms with Gasteiger partial charge < -0.3 is 14.8 Å². The van der Waals surface area contributed by atoms with Crippen molar-refractivity contribution >= 4 is 0 Å². The Morgan fingerprint density at radius 3 is 2.86 bits per heavy atom. The molecule has 1 aliphatic rings. The molecule has 0 fully saturated rings. The van der Waals surface area contributed by atoms with Gasteiger partial charge in [-0.1, -0.05) is 35.9 Å². The topological polar surface area (TPSA) is 30.5 Å². The average Bonchev–Trinajstić information content (AvgIpc) is 2.90. The Kier molecular flexibility index (Phi) is 3.84. The van der Waals surface area contributed by atoms with Crippen molar-refractivity contribution < 1.29 is 9.47 Å². The van der Waals surface area contributed by atoms with Crippen molar-refractivity contribution in [1.82, 2.24) is 5.32 Å². The second-order valence-electron chi connectivity index (χ2n) is 5.54. The Labute approximate surface area is 125 Å². The first-order chi connectivity index (χ1) is 10.2. The molecule has 0 radical (unpaired) electrons. The van der Waals surface area contributed by atoms with Crippen LogP contribution in [0.15, 0.2) is 42.5 Å². The quantitative estimate of drug-likeness (QED) is 0.926. The summed E-state index contributed by atoms with van der Waals surface area (Å²) in [5.74, 6) is 1.91. The summed E-state index contributed by atoms with van der Waals surface area (Å²) in [6, 6.07) is 14.9. The number of rotatable bonds is 4. The number of nitrogens with one attached hydrogen (secondary N) is 1. The molecule has 2 aromatic rings. The molecule has 0 bridgehead atoms. The second kappa shape index (κ2) is 5.78. The summed E-state index contributed by atoms with van der Waals surface area (Å²) in [6.07, 6.45) is 0. The smallest absolute Gasteiger partial charge is 0.124 e. The molecule has 0 aliphatic carbocycles. The zero-order valence-electron chi connectivity index (χ0n) is 12.7. The van der Waals surface area contributed by atoms with Gasteiger partial charge in [0, 0.05) is 17.2 Å². The minimum absolute atomic E-state index is 0.194. The van der Waals surface area contributed by atoms with E-state index in [-0.39, 0.29) is 12.1 Å². The van der Waals surface area contributed by atoms with Gasteiger partial charge in [0.05, 0.1) is 13.2 Å². The minimum atomic E-state index is 0.194. The monoisotopic (exact) mass is 283 g/mol. The van der Waals surface area contributed by atoms with Crippen LogP contribution in [0.5, 0.6) is 11.5 Å². The third-order valence-corrected chi connectivity index (χ3v) is 4.00. The molecule has 0 saturated carbocycles. The molecule has 21 heavy (non-hydrogen) atoms. The molecule has 1 heterocycles. The number of hydrogen-bond acceptors (Lipinski definition) is 3. The Balaban J connectivity index is 1.82. The Morgan fingerprint density at radius 1 is 1.24 bits per heavy atom. The molecule has 3 nitrogen and oxygen atoms in total. The van der Waals surface area contributed by atoms with Gasteiger partial charge in [0.25, 0.3) is 0 Å². The van der Waals surface area contributed by atoms with Crippen LogP contribution < -0.4 is 14.8 Å². The molecule has 3 rings (SSSR count). The van der Waals surface area contributed by atoms with E-state index in [1.54, 1.807) is 7.11 Å². The number of aryl methyl sites for hydroxylation is 1. The first kappa shape index (κ1) is 14.0. The van der Waals surface area contributed by atoms with Crippen molar-refractivity contribution in [2.24, 2.45) is 0 Å². The van der Waals surface area contributed by atoms with Gasteiger partial charge in [-0.3, -0.25) is 0 Å². The highest BCUT2D eigenvalue weighted by Crippen LogP contribution is 2.34. The van der Waals surface area contributed by atoms with Crippen LogP contribution >= 0.6 is 0 Å². The maximum Gasteiger partial charge on any atom is 0.124 e. The highest BCUT2D eigenvalue weighted by atomic mass is 16.5. The van der Waals surface area contributed by atoms with E-state index < -0.39 is 0 Å². The summed E-state index contributed by atoms with van der Waals surface area (Å²) in [7, 11) is 1.72. The third-order valence-electron chi connectivity index (χ3n) is 4.00. The van der Waals surface area contributed by atoms with Crippen molar-refractivity contribution in [3.63, 3.8) is 0 Å². The molecule has 0 amide bonds. The van der Waals surface area contributed by atoms with Crippen LogP contribution in [0.2, 0.25) is 0 Å². The molecule has 0 spiro atoms. The van der Waals surface area contributed by atoms with Crippen molar-refractivity contribution in [2.45, 2.75) is 25.9 Å². The van der Waals surface area contributed by atoms with E-state index >= 15 is 0 Å². The largest absolute Gasteiger partial charge is 0.496 e. The Hall–Kier alpha value is -2.00. The van der Waals surface area contributed by atoms with Gasteiger partial charge in [-0.15, -0.1) is 0 Å². The number of ether oxygens (including phenoxy) is 2. The number of fused-ring (bicyclic) bond motifs is 1. The molecule has 3 heteroatoms. The summed E-state index contributed by atoms with van der Waals surface area (Å²) < 4.78 is 11.2. The normalized spacial score (nSPS) is 18.0. The van der Waals surface area contributed by atoms with E-state index in [0.717, 1.165) is 11.5 Å². The van der Waals surface area contributed by atoms with E-state index in [9.17, 15) is 0 Å². The maximum absolute atomic E-state index is 5.73. The van der Waals surface area contributed by atoms with Crippen LogP contribution in [0.25, 0.3) is 0 Å². The van der Waals surface area contributed by atoms with Gasteiger partial charge in [0.1, 0.15) is 18.1 Å².